The van der Waals surface area contributed by atoms with Gasteiger partial charge in [-0.05, 0) is 61.4 Å². The molecule has 1 aromatic rings. The van der Waals surface area contributed by atoms with Crippen molar-refractivity contribution in [3.05, 3.63) is 35.1 Å². The Balaban J connectivity index is 1.90. The summed E-state index contributed by atoms with van der Waals surface area (Å²) in [5, 5.41) is 0. The highest BCUT2D eigenvalue weighted by Gasteiger charge is 2.28. The molecule has 2 rings (SSSR count). The maximum absolute atomic E-state index is 13.5. The zero-order chi connectivity index (χ0) is 14.0. The quantitative estimate of drug-likeness (QED) is 0.765. The Morgan fingerprint density at radius 3 is 2.37 bits per heavy atom. The summed E-state index contributed by atoms with van der Waals surface area (Å²) in [7, 11) is 0. The molecule has 0 aliphatic carbocycles. The molecule has 0 bridgehead atoms. The Hall–Kier alpha value is -0.890. The first-order valence-corrected chi connectivity index (χ1v) is 7.33. The first-order chi connectivity index (χ1) is 8.86. The van der Waals surface area contributed by atoms with Gasteiger partial charge < -0.3 is 0 Å². The number of hydrogen-bond acceptors (Lipinski definition) is 1. The Morgan fingerprint density at radius 2 is 1.84 bits per heavy atom. The van der Waals surface area contributed by atoms with Gasteiger partial charge in [0.05, 0.1) is 0 Å². The van der Waals surface area contributed by atoms with E-state index in [9.17, 15) is 4.39 Å². The topological polar surface area (TPSA) is 3.24 Å². The second-order valence-corrected chi connectivity index (χ2v) is 7.00. The standard InChI is InChI=1S/C17H26FN/c1-13-5-6-14(11-16(13)18)12-19-9-7-15(8-10-19)17(2,3)4/h5-6,11,15H,7-10,12H2,1-4H3. The van der Waals surface area contributed by atoms with Gasteiger partial charge in [-0.1, -0.05) is 32.9 Å². The van der Waals surface area contributed by atoms with Crippen LogP contribution in [-0.2, 0) is 6.54 Å². The van der Waals surface area contributed by atoms with Crippen LogP contribution in [0.1, 0.15) is 44.7 Å². The van der Waals surface area contributed by atoms with E-state index in [4.69, 9.17) is 0 Å². The minimum atomic E-state index is -0.0814. The molecular formula is C17H26FN. The van der Waals surface area contributed by atoms with Gasteiger partial charge in [0, 0.05) is 6.54 Å². The summed E-state index contributed by atoms with van der Waals surface area (Å²) in [4.78, 5) is 2.45. The van der Waals surface area contributed by atoms with Gasteiger partial charge in [0.25, 0.3) is 0 Å². The summed E-state index contributed by atoms with van der Waals surface area (Å²) < 4.78 is 13.5. The molecule has 1 heterocycles. The minimum Gasteiger partial charge on any atom is -0.299 e. The molecule has 0 saturated carbocycles. The van der Waals surface area contributed by atoms with Crippen molar-refractivity contribution < 1.29 is 4.39 Å². The molecule has 0 atom stereocenters. The molecule has 2 heteroatoms. The Labute approximate surface area is 116 Å². The second-order valence-electron chi connectivity index (χ2n) is 7.00. The van der Waals surface area contributed by atoms with Crippen LogP contribution >= 0.6 is 0 Å². The molecule has 0 radical (unpaired) electrons. The maximum atomic E-state index is 13.5. The smallest absolute Gasteiger partial charge is 0.126 e. The van der Waals surface area contributed by atoms with Crippen molar-refractivity contribution in [2.45, 2.75) is 47.1 Å². The molecule has 1 aromatic carbocycles. The fraction of sp³-hybridized carbons (Fsp3) is 0.647. The zero-order valence-electron chi connectivity index (χ0n) is 12.7. The van der Waals surface area contributed by atoms with Gasteiger partial charge in [0.1, 0.15) is 5.82 Å². The molecule has 0 amide bonds. The fourth-order valence-electron chi connectivity index (χ4n) is 2.95. The Kier molecular flexibility index (Phi) is 4.29. The predicted molar refractivity (Wildman–Crippen MR) is 78.6 cm³/mol. The highest BCUT2D eigenvalue weighted by atomic mass is 19.1. The lowest BCUT2D eigenvalue weighted by atomic mass is 9.75. The zero-order valence-corrected chi connectivity index (χ0v) is 12.7. The van der Waals surface area contributed by atoms with Crippen molar-refractivity contribution in [1.29, 1.82) is 0 Å². The molecule has 106 valence electrons. The monoisotopic (exact) mass is 263 g/mol. The van der Waals surface area contributed by atoms with Gasteiger partial charge >= 0.3 is 0 Å². The van der Waals surface area contributed by atoms with Crippen LogP contribution in [-0.4, -0.2) is 18.0 Å². The van der Waals surface area contributed by atoms with Crippen molar-refractivity contribution in [3.8, 4) is 0 Å². The number of hydrogen-bond donors (Lipinski definition) is 0. The largest absolute Gasteiger partial charge is 0.299 e. The number of likely N-dealkylation sites (tertiary alicyclic amines) is 1. The van der Waals surface area contributed by atoms with Crippen LogP contribution < -0.4 is 0 Å². The summed E-state index contributed by atoms with van der Waals surface area (Å²) in [5.41, 5.74) is 2.25. The number of halogens is 1. The summed E-state index contributed by atoms with van der Waals surface area (Å²) in [6.45, 7) is 12.0. The van der Waals surface area contributed by atoms with Crippen LogP contribution in [0.2, 0.25) is 0 Å². The average molecular weight is 263 g/mol. The third kappa shape index (κ3) is 3.79. The Bertz CT molecular complexity index is 425. The number of rotatable bonds is 2. The van der Waals surface area contributed by atoms with Crippen molar-refractivity contribution in [3.63, 3.8) is 0 Å². The molecule has 19 heavy (non-hydrogen) atoms. The molecular weight excluding hydrogens is 237 g/mol. The third-order valence-corrected chi connectivity index (χ3v) is 4.45. The predicted octanol–water partition coefficient (Wildman–Crippen LogP) is 4.39. The average Bonchev–Trinajstić information content (AvgIpc) is 2.33. The van der Waals surface area contributed by atoms with E-state index in [-0.39, 0.29) is 5.82 Å². The van der Waals surface area contributed by atoms with Crippen LogP contribution in [0.4, 0.5) is 4.39 Å². The number of piperidine rings is 1. The van der Waals surface area contributed by atoms with E-state index in [1.807, 2.05) is 19.1 Å². The van der Waals surface area contributed by atoms with E-state index < -0.39 is 0 Å². The van der Waals surface area contributed by atoms with Gasteiger partial charge in [0.15, 0.2) is 0 Å². The molecule has 0 aromatic heterocycles. The molecule has 1 aliphatic heterocycles. The van der Waals surface area contributed by atoms with Gasteiger partial charge in [0.2, 0.25) is 0 Å². The lowest BCUT2D eigenvalue weighted by Gasteiger charge is -2.38. The van der Waals surface area contributed by atoms with E-state index in [0.717, 1.165) is 36.7 Å². The van der Waals surface area contributed by atoms with Crippen LogP contribution in [0.15, 0.2) is 18.2 Å². The number of benzene rings is 1. The summed E-state index contributed by atoms with van der Waals surface area (Å²) >= 11 is 0. The molecule has 1 fully saturated rings. The molecule has 0 N–H and O–H groups in total. The number of aryl methyl sites for hydroxylation is 1. The molecule has 0 spiro atoms. The highest BCUT2D eigenvalue weighted by Crippen LogP contribution is 2.34. The molecule has 0 unspecified atom stereocenters. The lowest BCUT2D eigenvalue weighted by molar-refractivity contribution is 0.108. The van der Waals surface area contributed by atoms with E-state index in [1.165, 1.54) is 12.8 Å². The highest BCUT2D eigenvalue weighted by molar-refractivity contribution is 5.23. The van der Waals surface area contributed by atoms with Crippen molar-refractivity contribution in [2.24, 2.45) is 11.3 Å². The first-order valence-electron chi connectivity index (χ1n) is 7.33. The van der Waals surface area contributed by atoms with Gasteiger partial charge in [-0.2, -0.15) is 0 Å². The van der Waals surface area contributed by atoms with E-state index in [0.29, 0.717) is 5.41 Å². The van der Waals surface area contributed by atoms with Crippen molar-refractivity contribution in [2.75, 3.05) is 13.1 Å². The number of nitrogens with zero attached hydrogens (tertiary/aromatic N) is 1. The summed E-state index contributed by atoms with van der Waals surface area (Å²) in [6, 6.07) is 5.62. The third-order valence-electron chi connectivity index (χ3n) is 4.45. The van der Waals surface area contributed by atoms with Gasteiger partial charge in [-0.25, -0.2) is 4.39 Å². The van der Waals surface area contributed by atoms with Crippen molar-refractivity contribution in [1.82, 2.24) is 4.90 Å². The first kappa shape index (κ1) is 14.5. The van der Waals surface area contributed by atoms with Crippen molar-refractivity contribution >= 4 is 0 Å². The molecule has 1 nitrogen and oxygen atoms in total. The van der Waals surface area contributed by atoms with E-state index in [2.05, 4.69) is 25.7 Å². The van der Waals surface area contributed by atoms with Crippen LogP contribution in [0.25, 0.3) is 0 Å². The summed E-state index contributed by atoms with van der Waals surface area (Å²) in [5.74, 6) is 0.737. The summed E-state index contributed by atoms with van der Waals surface area (Å²) in [6.07, 6.45) is 2.52. The van der Waals surface area contributed by atoms with Crippen LogP contribution in [0, 0.1) is 24.1 Å². The van der Waals surface area contributed by atoms with Gasteiger partial charge in [-0.3, -0.25) is 4.90 Å². The second kappa shape index (κ2) is 5.62. The maximum Gasteiger partial charge on any atom is 0.126 e. The Morgan fingerprint density at radius 1 is 1.21 bits per heavy atom. The normalized spacial score (nSPS) is 18.8. The fourth-order valence-corrected chi connectivity index (χ4v) is 2.95. The molecule has 1 aliphatic rings. The SMILES string of the molecule is Cc1ccc(CN2CCC(C(C)(C)C)CC2)cc1F. The van der Waals surface area contributed by atoms with Crippen LogP contribution in [0.5, 0.6) is 0 Å². The van der Waals surface area contributed by atoms with Gasteiger partial charge in [-0.15, -0.1) is 0 Å². The minimum absolute atomic E-state index is 0.0814. The lowest BCUT2D eigenvalue weighted by Crippen LogP contribution is -2.37. The van der Waals surface area contributed by atoms with Crippen LogP contribution in [0.3, 0.4) is 0 Å². The van der Waals surface area contributed by atoms with E-state index >= 15 is 0 Å². The molecule has 1 saturated heterocycles. The van der Waals surface area contributed by atoms with E-state index in [1.54, 1.807) is 6.07 Å².